The van der Waals surface area contributed by atoms with E-state index < -0.39 is 0 Å². The van der Waals surface area contributed by atoms with Gasteiger partial charge in [0, 0.05) is 50.6 Å². The van der Waals surface area contributed by atoms with Crippen LogP contribution >= 0.6 is 0 Å². The van der Waals surface area contributed by atoms with Crippen LogP contribution in [-0.4, -0.2) is 61.7 Å². The van der Waals surface area contributed by atoms with Gasteiger partial charge in [0.2, 0.25) is 11.9 Å². The highest BCUT2D eigenvalue weighted by molar-refractivity contribution is 5.89. The van der Waals surface area contributed by atoms with E-state index in [9.17, 15) is 4.79 Å². The summed E-state index contributed by atoms with van der Waals surface area (Å²) in [6, 6.07) is 12.1. The van der Waals surface area contributed by atoms with Crippen LogP contribution in [0, 0.1) is 6.92 Å². The first-order valence-electron chi connectivity index (χ1n) is 11.7. The van der Waals surface area contributed by atoms with Gasteiger partial charge in [-0.2, -0.15) is 20.2 Å². The summed E-state index contributed by atoms with van der Waals surface area (Å²) in [6.45, 7) is 4.76. The number of hydrogen-bond donors (Lipinski definition) is 1. The van der Waals surface area contributed by atoms with E-state index in [2.05, 4.69) is 44.3 Å². The van der Waals surface area contributed by atoms with Gasteiger partial charge in [0.25, 0.3) is 0 Å². The van der Waals surface area contributed by atoms with Crippen LogP contribution in [0.1, 0.15) is 17.5 Å². The average molecular weight is 473 g/mol. The van der Waals surface area contributed by atoms with Crippen LogP contribution in [0.15, 0.2) is 55.0 Å². The van der Waals surface area contributed by atoms with Crippen molar-refractivity contribution in [3.8, 4) is 17.1 Å². The molecule has 1 aliphatic heterocycles. The number of aromatic nitrogens is 6. The second-order valence-electron chi connectivity index (χ2n) is 8.59. The molecule has 0 radical (unpaired) electrons. The Labute approximate surface area is 203 Å². The summed E-state index contributed by atoms with van der Waals surface area (Å²) in [7, 11) is 1.86. The van der Waals surface area contributed by atoms with E-state index in [1.807, 2.05) is 43.7 Å². The summed E-state index contributed by atoms with van der Waals surface area (Å²) >= 11 is 0. The van der Waals surface area contributed by atoms with Crippen LogP contribution < -0.4 is 10.2 Å². The van der Waals surface area contributed by atoms with Crippen molar-refractivity contribution in [1.82, 2.24) is 29.5 Å². The Hall–Kier alpha value is -4.05. The van der Waals surface area contributed by atoms with Crippen LogP contribution in [0.3, 0.4) is 0 Å². The van der Waals surface area contributed by atoms with Crippen molar-refractivity contribution in [3.63, 3.8) is 0 Å². The van der Waals surface area contributed by atoms with Crippen molar-refractivity contribution in [2.24, 2.45) is 7.05 Å². The number of benzene rings is 1. The van der Waals surface area contributed by atoms with Crippen LogP contribution in [-0.2, 0) is 23.0 Å². The zero-order chi connectivity index (χ0) is 24.2. The fourth-order valence-corrected chi connectivity index (χ4v) is 4.01. The van der Waals surface area contributed by atoms with E-state index in [1.165, 1.54) is 5.56 Å². The van der Waals surface area contributed by atoms with Gasteiger partial charge in [0.05, 0.1) is 25.1 Å². The Balaban J connectivity index is 1.40. The van der Waals surface area contributed by atoms with Gasteiger partial charge in [0.15, 0.2) is 5.82 Å². The van der Waals surface area contributed by atoms with Gasteiger partial charge in [-0.15, -0.1) is 0 Å². The van der Waals surface area contributed by atoms with Gasteiger partial charge in [-0.1, -0.05) is 23.8 Å². The summed E-state index contributed by atoms with van der Waals surface area (Å²) in [5.41, 5.74) is 4.06. The average Bonchev–Trinajstić information content (AvgIpc) is 3.53. The maximum absolute atomic E-state index is 12.7. The number of carbonyl (C=O) groups is 1. The van der Waals surface area contributed by atoms with Crippen molar-refractivity contribution in [1.29, 1.82) is 0 Å². The van der Waals surface area contributed by atoms with Gasteiger partial charge in [0.1, 0.15) is 5.82 Å². The lowest BCUT2D eigenvalue weighted by atomic mass is 10.1. The number of aryl methyl sites for hydroxylation is 3. The molecule has 0 atom stereocenters. The molecule has 180 valence electrons. The van der Waals surface area contributed by atoms with Crippen LogP contribution in [0.5, 0.6) is 0 Å². The molecule has 0 bridgehead atoms. The molecule has 0 saturated carbocycles. The Kier molecular flexibility index (Phi) is 6.53. The van der Waals surface area contributed by atoms with E-state index in [1.54, 1.807) is 15.6 Å². The monoisotopic (exact) mass is 472 g/mol. The molecule has 0 spiro atoms. The molecular formula is C25H28N8O2. The first-order chi connectivity index (χ1) is 17.0. The summed E-state index contributed by atoms with van der Waals surface area (Å²) < 4.78 is 8.93. The Bertz CT molecular complexity index is 1320. The first-order valence-corrected chi connectivity index (χ1v) is 11.7. The molecule has 1 amide bonds. The smallest absolute Gasteiger partial charge is 0.233 e. The van der Waals surface area contributed by atoms with E-state index in [4.69, 9.17) is 9.84 Å². The number of nitrogens with zero attached hydrogens (tertiary/aromatic N) is 7. The Morgan fingerprint density at radius 3 is 2.71 bits per heavy atom. The highest BCUT2D eigenvalue weighted by Crippen LogP contribution is 2.22. The standard InChI is InChI=1S/C25H28N8O2/c1-18-4-3-5-20(14-18)21-8-9-33(30-21)23-15-22(32-10-12-35-13-11-32)27-25(28-23)29-24(34)7-6-19-16-26-31(2)17-19/h3-5,8-9,14-17H,6-7,10-13H2,1-2H3,(H,27,28,29,34). The number of rotatable bonds is 7. The van der Waals surface area contributed by atoms with Crippen molar-refractivity contribution < 1.29 is 9.53 Å². The largest absolute Gasteiger partial charge is 0.378 e. The van der Waals surface area contributed by atoms with E-state index in [0.717, 1.165) is 35.7 Å². The molecule has 1 aromatic carbocycles. The van der Waals surface area contributed by atoms with Crippen molar-refractivity contribution in [2.45, 2.75) is 19.8 Å². The second-order valence-corrected chi connectivity index (χ2v) is 8.59. The third kappa shape index (κ3) is 5.55. The number of ether oxygens (including phenoxy) is 1. The Morgan fingerprint density at radius 1 is 1.11 bits per heavy atom. The molecule has 3 aromatic heterocycles. The van der Waals surface area contributed by atoms with Gasteiger partial charge < -0.3 is 9.64 Å². The molecule has 35 heavy (non-hydrogen) atoms. The van der Waals surface area contributed by atoms with Crippen LogP contribution in [0.25, 0.3) is 17.1 Å². The summed E-state index contributed by atoms with van der Waals surface area (Å²) in [4.78, 5) is 24.0. The maximum atomic E-state index is 12.7. The van der Waals surface area contributed by atoms with Crippen LogP contribution in [0.4, 0.5) is 11.8 Å². The molecule has 1 aliphatic rings. The third-order valence-corrected chi connectivity index (χ3v) is 5.82. The number of anilines is 2. The lowest BCUT2D eigenvalue weighted by molar-refractivity contribution is -0.116. The van der Waals surface area contributed by atoms with Gasteiger partial charge in [-0.25, -0.2) is 4.68 Å². The molecule has 10 nitrogen and oxygen atoms in total. The van der Waals surface area contributed by atoms with Crippen molar-refractivity contribution in [3.05, 3.63) is 66.1 Å². The van der Waals surface area contributed by atoms with E-state index in [-0.39, 0.29) is 11.9 Å². The minimum atomic E-state index is -0.153. The molecule has 10 heteroatoms. The zero-order valence-corrected chi connectivity index (χ0v) is 19.9. The highest BCUT2D eigenvalue weighted by atomic mass is 16.5. The second kappa shape index (κ2) is 10.1. The number of carbonyl (C=O) groups excluding carboxylic acids is 1. The summed E-state index contributed by atoms with van der Waals surface area (Å²) in [5.74, 6) is 1.42. The minimum absolute atomic E-state index is 0.153. The van der Waals surface area contributed by atoms with Gasteiger partial charge in [-0.05, 0) is 31.0 Å². The van der Waals surface area contributed by atoms with E-state index in [0.29, 0.717) is 31.9 Å². The maximum Gasteiger partial charge on any atom is 0.233 e. The lowest BCUT2D eigenvalue weighted by Gasteiger charge is -2.28. The first kappa shape index (κ1) is 22.7. The third-order valence-electron chi connectivity index (χ3n) is 5.82. The minimum Gasteiger partial charge on any atom is -0.378 e. The van der Waals surface area contributed by atoms with Crippen molar-refractivity contribution >= 4 is 17.7 Å². The fraction of sp³-hybridized carbons (Fsp3) is 0.320. The van der Waals surface area contributed by atoms with E-state index >= 15 is 0 Å². The molecule has 0 aliphatic carbocycles. The zero-order valence-electron chi connectivity index (χ0n) is 19.9. The molecule has 4 aromatic rings. The predicted octanol–water partition coefficient (Wildman–Crippen LogP) is 2.78. The number of amides is 1. The van der Waals surface area contributed by atoms with Gasteiger partial charge in [-0.3, -0.25) is 14.8 Å². The SMILES string of the molecule is Cc1cccc(-c2ccn(-c3cc(N4CCOCC4)nc(NC(=O)CCc4cnn(C)c4)n3)n2)c1. The lowest BCUT2D eigenvalue weighted by Crippen LogP contribution is -2.37. The quantitative estimate of drug-likeness (QED) is 0.441. The Morgan fingerprint density at radius 2 is 1.94 bits per heavy atom. The fourth-order valence-electron chi connectivity index (χ4n) is 4.01. The summed E-state index contributed by atoms with van der Waals surface area (Å²) in [6.07, 6.45) is 6.45. The number of nitrogens with one attached hydrogen (secondary N) is 1. The topological polar surface area (TPSA) is 103 Å². The number of hydrogen-bond acceptors (Lipinski definition) is 7. The molecule has 4 heterocycles. The van der Waals surface area contributed by atoms with Crippen molar-refractivity contribution in [2.75, 3.05) is 36.5 Å². The van der Waals surface area contributed by atoms with Crippen LogP contribution in [0.2, 0.25) is 0 Å². The number of morpholine rings is 1. The molecular weight excluding hydrogens is 444 g/mol. The molecule has 0 unspecified atom stereocenters. The normalized spacial score (nSPS) is 13.7. The molecule has 1 saturated heterocycles. The molecule has 1 fully saturated rings. The molecule has 1 N–H and O–H groups in total. The predicted molar refractivity (Wildman–Crippen MR) is 133 cm³/mol. The highest BCUT2D eigenvalue weighted by Gasteiger charge is 2.17. The van der Waals surface area contributed by atoms with Gasteiger partial charge >= 0.3 is 0 Å². The molecule has 5 rings (SSSR count). The summed E-state index contributed by atoms with van der Waals surface area (Å²) in [5, 5.41) is 11.8.